The zero-order valence-electron chi connectivity index (χ0n) is 27.8. The number of benzene rings is 7. The fourth-order valence-corrected chi connectivity index (χ4v) is 13.0. The van der Waals surface area contributed by atoms with Crippen molar-refractivity contribution < 1.29 is 0 Å². The molecular weight excluding hydrogens is 709 g/mol. The number of hydrogen-bond acceptors (Lipinski definition) is 6. The molecule has 0 bridgehead atoms. The predicted molar refractivity (Wildman–Crippen MR) is 222 cm³/mol. The molecule has 7 aromatic carbocycles. The second kappa shape index (κ2) is 11.4. The summed E-state index contributed by atoms with van der Waals surface area (Å²) in [5.41, 5.74) is 13.2. The van der Waals surface area contributed by atoms with E-state index in [1.54, 1.807) is 0 Å². The van der Waals surface area contributed by atoms with E-state index in [9.17, 15) is 0 Å². The van der Waals surface area contributed by atoms with E-state index in [2.05, 4.69) is 155 Å². The number of thioether (sulfide) groups is 1. The molecule has 246 valence electrons. The minimum absolute atomic E-state index is 1.01. The molecule has 0 spiro atoms. The summed E-state index contributed by atoms with van der Waals surface area (Å²) in [6.07, 6.45) is 4.52. The first-order chi connectivity index (χ1) is 25.8. The maximum absolute atomic E-state index is 2.52. The van der Waals surface area contributed by atoms with Crippen LogP contribution >= 0.6 is 47.0 Å². The lowest BCUT2D eigenvalue weighted by atomic mass is 9.87. The van der Waals surface area contributed by atoms with Gasteiger partial charge < -0.3 is 9.80 Å². The molecule has 2 nitrogen and oxygen atoms in total. The highest BCUT2D eigenvalue weighted by Gasteiger charge is 2.33. The summed E-state index contributed by atoms with van der Waals surface area (Å²) in [5.74, 6) is 0. The van der Waals surface area contributed by atoms with Crippen LogP contribution in [-0.4, -0.2) is 0 Å². The largest absolute Gasteiger partial charge is 0.312 e. The third-order valence-electron chi connectivity index (χ3n) is 10.7. The number of rotatable bonds is 2. The van der Waals surface area contributed by atoms with Gasteiger partial charge in [-0.2, -0.15) is 0 Å². The lowest BCUT2D eigenvalue weighted by molar-refractivity contribution is 0.913. The molecule has 6 heteroatoms. The molecule has 0 saturated carbocycles. The summed E-state index contributed by atoms with van der Waals surface area (Å²) in [4.78, 5) is 15.6. The molecule has 0 aromatic heterocycles. The molecule has 0 atom stereocenters. The van der Waals surface area contributed by atoms with E-state index in [4.69, 9.17) is 0 Å². The Labute approximate surface area is 319 Å². The van der Waals surface area contributed by atoms with Gasteiger partial charge in [0.2, 0.25) is 0 Å². The van der Waals surface area contributed by atoms with Crippen molar-refractivity contribution in [2.45, 2.75) is 47.1 Å². The first-order valence-electron chi connectivity index (χ1n) is 17.6. The van der Waals surface area contributed by atoms with E-state index in [-0.39, 0.29) is 0 Å². The van der Waals surface area contributed by atoms with E-state index in [1.165, 1.54) is 106 Å². The highest BCUT2D eigenvalue weighted by atomic mass is 32.2. The summed E-state index contributed by atoms with van der Waals surface area (Å²) in [7, 11) is 0. The molecule has 0 amide bonds. The zero-order chi connectivity index (χ0) is 33.9. The molecule has 52 heavy (non-hydrogen) atoms. The van der Waals surface area contributed by atoms with Crippen LogP contribution < -0.4 is 9.80 Å². The van der Waals surface area contributed by atoms with Crippen LogP contribution in [0.2, 0.25) is 0 Å². The molecule has 0 unspecified atom stereocenters. The Balaban J connectivity index is 0.961. The quantitative estimate of drug-likeness (QED) is 0.173. The molecule has 5 aliphatic rings. The van der Waals surface area contributed by atoms with Crippen LogP contribution in [0.4, 0.5) is 28.4 Å². The zero-order valence-corrected chi connectivity index (χ0v) is 31.1. The van der Waals surface area contributed by atoms with E-state index < -0.39 is 0 Å². The van der Waals surface area contributed by atoms with Crippen LogP contribution in [0.1, 0.15) is 18.4 Å². The summed E-state index contributed by atoms with van der Waals surface area (Å²) >= 11 is 7.62. The van der Waals surface area contributed by atoms with Crippen LogP contribution in [0.25, 0.3) is 27.5 Å². The predicted octanol–water partition coefficient (Wildman–Crippen LogP) is 14.7. The first kappa shape index (κ1) is 29.8. The minimum Gasteiger partial charge on any atom is -0.312 e. The number of allylic oxidation sites excluding steroid dienone is 3. The molecule has 4 heterocycles. The number of nitrogens with zero attached hydrogens (tertiary/aromatic N) is 2. The molecule has 1 aliphatic carbocycles. The van der Waals surface area contributed by atoms with E-state index in [1.807, 2.05) is 47.0 Å². The van der Waals surface area contributed by atoms with E-state index in [0.29, 0.717) is 0 Å². The lowest BCUT2D eigenvalue weighted by Gasteiger charge is -2.37. The van der Waals surface area contributed by atoms with Crippen LogP contribution in [0.15, 0.2) is 190 Å². The Kier molecular flexibility index (Phi) is 6.53. The normalized spacial score (nSPS) is 16.0. The molecule has 0 radical (unpaired) electrons. The Bertz CT molecular complexity index is 2690. The molecular formula is C46H28N2S4. The van der Waals surface area contributed by atoms with E-state index >= 15 is 0 Å². The highest BCUT2D eigenvalue weighted by molar-refractivity contribution is 8.04. The topological polar surface area (TPSA) is 6.48 Å². The fraction of sp³-hybridized carbons (Fsp3) is 0.0435. The third-order valence-corrected chi connectivity index (χ3v) is 15.3. The average Bonchev–Trinajstić information content (AvgIpc) is 3.20. The molecule has 0 saturated heterocycles. The lowest BCUT2D eigenvalue weighted by Crippen LogP contribution is -2.22. The monoisotopic (exact) mass is 736 g/mol. The van der Waals surface area contributed by atoms with Crippen LogP contribution in [0.3, 0.4) is 0 Å². The van der Waals surface area contributed by atoms with Crippen LogP contribution in [0, 0.1) is 0 Å². The maximum atomic E-state index is 2.52. The van der Waals surface area contributed by atoms with Crippen molar-refractivity contribution in [2.24, 2.45) is 0 Å². The second-order valence-electron chi connectivity index (χ2n) is 13.6. The molecule has 0 fully saturated rings. The van der Waals surface area contributed by atoms with Crippen molar-refractivity contribution in [3.63, 3.8) is 0 Å². The third kappa shape index (κ3) is 4.32. The molecule has 4 aliphatic heterocycles. The standard InChI is InChI=1S/C46H28N2S4/c1-5-13-37-33(9-1)47(34-10-2-6-14-38(34)49-37)27-17-19-29-31-21-22-32-30-20-18-28(48-35-11-3-7-15-39(35)50-40-16-8-4-12-36(40)48)26-44(30)52-42-24-23-41(45(31)46(32)42)51-43(29)25-27/h1-17,19,21-26H,18,20H2. The Hall–Kier alpha value is -4.72. The number of para-hydroxylation sites is 4. The molecule has 0 N–H and O–H groups in total. The van der Waals surface area contributed by atoms with Crippen molar-refractivity contribution in [1.29, 1.82) is 0 Å². The van der Waals surface area contributed by atoms with Crippen molar-refractivity contribution >= 4 is 91.8 Å². The van der Waals surface area contributed by atoms with Gasteiger partial charge >= 0.3 is 0 Å². The molecule has 12 rings (SSSR count). The summed E-state index contributed by atoms with van der Waals surface area (Å²) in [6, 6.07) is 51.9. The van der Waals surface area contributed by atoms with Crippen molar-refractivity contribution in [1.82, 2.24) is 0 Å². The van der Waals surface area contributed by atoms with Gasteiger partial charge in [0.1, 0.15) is 0 Å². The summed E-state index contributed by atoms with van der Waals surface area (Å²) < 4.78 is 0. The van der Waals surface area contributed by atoms with Crippen LogP contribution in [0.5, 0.6) is 0 Å². The van der Waals surface area contributed by atoms with Gasteiger partial charge in [-0.3, -0.25) is 0 Å². The minimum atomic E-state index is 1.01. The van der Waals surface area contributed by atoms with Gasteiger partial charge in [-0.05, 0) is 114 Å². The Morgan fingerprint density at radius 2 is 0.885 bits per heavy atom. The maximum Gasteiger partial charge on any atom is 0.0601 e. The number of hydrogen-bond donors (Lipinski definition) is 0. The summed E-state index contributed by atoms with van der Waals surface area (Å²) in [6.45, 7) is 0. The number of fused-ring (bicyclic) bond motifs is 7. The Morgan fingerprint density at radius 1 is 0.385 bits per heavy atom. The average molecular weight is 737 g/mol. The first-order valence-corrected chi connectivity index (χ1v) is 20.9. The van der Waals surface area contributed by atoms with Crippen LogP contribution in [-0.2, 0) is 0 Å². The second-order valence-corrected chi connectivity index (χ2v) is 17.9. The van der Waals surface area contributed by atoms with Crippen molar-refractivity contribution in [2.75, 3.05) is 9.80 Å². The van der Waals surface area contributed by atoms with Gasteiger partial charge in [0, 0.05) is 61.3 Å². The van der Waals surface area contributed by atoms with Crippen molar-refractivity contribution in [3.05, 3.63) is 162 Å². The molecule has 7 aromatic rings. The van der Waals surface area contributed by atoms with Gasteiger partial charge in [0.05, 0.1) is 22.7 Å². The highest BCUT2D eigenvalue weighted by Crippen LogP contribution is 2.59. The van der Waals surface area contributed by atoms with Gasteiger partial charge in [-0.1, -0.05) is 114 Å². The number of anilines is 5. The van der Waals surface area contributed by atoms with Gasteiger partial charge in [0.15, 0.2) is 0 Å². The van der Waals surface area contributed by atoms with Gasteiger partial charge in [-0.15, -0.1) is 0 Å². The van der Waals surface area contributed by atoms with Gasteiger partial charge in [-0.25, -0.2) is 0 Å². The Morgan fingerprint density at radius 3 is 1.52 bits per heavy atom. The van der Waals surface area contributed by atoms with Crippen molar-refractivity contribution in [3.8, 4) is 11.1 Å². The van der Waals surface area contributed by atoms with E-state index in [0.717, 1.165) is 12.8 Å². The smallest absolute Gasteiger partial charge is 0.0601 e. The summed E-state index contributed by atoms with van der Waals surface area (Å²) in [5, 5.41) is 2.84. The van der Waals surface area contributed by atoms with Gasteiger partial charge in [0.25, 0.3) is 0 Å². The SMILES string of the molecule is C1=C(N2c3ccccc3Sc3ccccc32)CCC2=C1Sc1ccc3c4c(ccc2c14)-c1ccc(N2c4ccccc4Sc4ccccc42)cc1S3. The fourth-order valence-electron chi connectivity index (χ4n) is 8.49.